The molecule has 5 nitrogen and oxygen atoms in total. The van der Waals surface area contributed by atoms with Crippen molar-refractivity contribution in [1.29, 1.82) is 0 Å². The smallest absolute Gasteiger partial charge is 0.194 e. The van der Waals surface area contributed by atoms with Gasteiger partial charge in [0.1, 0.15) is 0 Å². The number of rotatable bonds is 5. The van der Waals surface area contributed by atoms with E-state index in [1.54, 1.807) is 0 Å². The Bertz CT molecular complexity index is 685. The lowest BCUT2D eigenvalue weighted by molar-refractivity contribution is 0.370. The molecule has 2 rings (SSSR count). The van der Waals surface area contributed by atoms with Gasteiger partial charge in [-0.2, -0.15) is 0 Å². The molecule has 1 N–H and O–H groups in total. The van der Waals surface area contributed by atoms with Gasteiger partial charge in [0, 0.05) is 25.9 Å². The van der Waals surface area contributed by atoms with E-state index in [0.29, 0.717) is 12.0 Å². The molecular weight excluding hydrogens is 449 g/mol. The predicted molar refractivity (Wildman–Crippen MR) is 115 cm³/mol. The zero-order chi connectivity index (χ0) is 17.8. The molecule has 1 fully saturated rings. The SMILES string of the molecule is CCNC(=NCc1ccc(CS(C)(=O)=O)cc1)N1CCC(C)(C)C1.I. The Hall–Kier alpha value is -0.830. The highest BCUT2D eigenvalue weighted by Crippen LogP contribution is 2.28. The molecule has 0 saturated carbocycles. The highest BCUT2D eigenvalue weighted by atomic mass is 127. The minimum atomic E-state index is -2.99. The van der Waals surface area contributed by atoms with E-state index in [2.05, 4.69) is 31.0 Å². The van der Waals surface area contributed by atoms with Gasteiger partial charge in [-0.05, 0) is 29.9 Å². The molecule has 25 heavy (non-hydrogen) atoms. The third-order valence-electron chi connectivity index (χ3n) is 4.18. The number of guanidine groups is 1. The molecule has 0 bridgehead atoms. The van der Waals surface area contributed by atoms with E-state index in [4.69, 9.17) is 4.99 Å². The second kappa shape index (κ2) is 9.21. The van der Waals surface area contributed by atoms with E-state index in [-0.39, 0.29) is 29.7 Å². The highest BCUT2D eigenvalue weighted by Gasteiger charge is 2.30. The van der Waals surface area contributed by atoms with E-state index in [9.17, 15) is 8.42 Å². The Balaban J connectivity index is 0.00000312. The number of aliphatic imine (C=N–C) groups is 1. The zero-order valence-corrected chi connectivity index (χ0v) is 18.7. The van der Waals surface area contributed by atoms with Gasteiger partial charge in [0.15, 0.2) is 15.8 Å². The average molecular weight is 479 g/mol. The second-order valence-corrected chi connectivity index (χ2v) is 9.53. The Kier molecular flexibility index (Phi) is 8.18. The first-order valence-corrected chi connectivity index (χ1v) is 10.5. The summed E-state index contributed by atoms with van der Waals surface area (Å²) in [5.74, 6) is 1.05. The van der Waals surface area contributed by atoms with Gasteiger partial charge in [-0.25, -0.2) is 13.4 Å². The molecule has 7 heteroatoms. The van der Waals surface area contributed by atoms with Crippen molar-refractivity contribution in [2.45, 2.75) is 39.5 Å². The van der Waals surface area contributed by atoms with E-state index in [1.165, 1.54) is 12.7 Å². The first-order valence-electron chi connectivity index (χ1n) is 8.47. The molecule has 0 atom stereocenters. The number of hydrogen-bond donors (Lipinski definition) is 1. The van der Waals surface area contributed by atoms with Gasteiger partial charge in [-0.15, -0.1) is 24.0 Å². The van der Waals surface area contributed by atoms with E-state index in [1.807, 2.05) is 24.3 Å². The number of likely N-dealkylation sites (tertiary alicyclic amines) is 1. The van der Waals surface area contributed by atoms with Gasteiger partial charge in [0.2, 0.25) is 0 Å². The van der Waals surface area contributed by atoms with Gasteiger partial charge >= 0.3 is 0 Å². The van der Waals surface area contributed by atoms with Crippen molar-refractivity contribution >= 4 is 39.8 Å². The fraction of sp³-hybridized carbons (Fsp3) is 0.611. The molecule has 1 aromatic carbocycles. The van der Waals surface area contributed by atoms with Crippen molar-refractivity contribution in [3.8, 4) is 0 Å². The summed E-state index contributed by atoms with van der Waals surface area (Å²) in [6.45, 7) is 10.2. The number of benzene rings is 1. The van der Waals surface area contributed by atoms with Crippen LogP contribution in [-0.2, 0) is 22.1 Å². The predicted octanol–water partition coefficient (Wildman–Crippen LogP) is 3.05. The monoisotopic (exact) mass is 479 g/mol. The molecule has 0 aliphatic carbocycles. The number of nitrogens with one attached hydrogen (secondary N) is 1. The average Bonchev–Trinajstić information content (AvgIpc) is 2.83. The molecule has 1 saturated heterocycles. The molecule has 1 heterocycles. The van der Waals surface area contributed by atoms with Gasteiger partial charge in [-0.3, -0.25) is 0 Å². The van der Waals surface area contributed by atoms with Crippen LogP contribution in [0.5, 0.6) is 0 Å². The van der Waals surface area contributed by atoms with Crippen molar-refractivity contribution < 1.29 is 8.42 Å². The molecule has 0 unspecified atom stereocenters. The fourth-order valence-corrected chi connectivity index (χ4v) is 3.73. The van der Waals surface area contributed by atoms with Crippen LogP contribution in [0.1, 0.15) is 38.3 Å². The van der Waals surface area contributed by atoms with Crippen LogP contribution in [0.3, 0.4) is 0 Å². The van der Waals surface area contributed by atoms with Crippen LogP contribution >= 0.6 is 24.0 Å². The molecule has 0 amide bonds. The van der Waals surface area contributed by atoms with Crippen molar-refractivity contribution in [2.24, 2.45) is 10.4 Å². The summed E-state index contributed by atoms with van der Waals surface area (Å²) >= 11 is 0. The van der Waals surface area contributed by atoms with Crippen LogP contribution in [0, 0.1) is 5.41 Å². The van der Waals surface area contributed by atoms with Crippen LogP contribution in [0.2, 0.25) is 0 Å². The van der Waals surface area contributed by atoms with Crippen molar-refractivity contribution in [3.05, 3.63) is 35.4 Å². The topological polar surface area (TPSA) is 61.8 Å². The van der Waals surface area contributed by atoms with Crippen LogP contribution < -0.4 is 5.32 Å². The third kappa shape index (κ3) is 7.52. The van der Waals surface area contributed by atoms with Crippen LogP contribution in [0.15, 0.2) is 29.3 Å². The maximum atomic E-state index is 11.3. The lowest BCUT2D eigenvalue weighted by Gasteiger charge is -2.23. The first-order chi connectivity index (χ1) is 11.2. The van der Waals surface area contributed by atoms with Crippen molar-refractivity contribution in [1.82, 2.24) is 10.2 Å². The fourth-order valence-electron chi connectivity index (χ4n) is 2.93. The minimum Gasteiger partial charge on any atom is -0.357 e. The normalized spacial score (nSPS) is 17.3. The molecular formula is C18H30IN3O2S. The van der Waals surface area contributed by atoms with Gasteiger partial charge in [0.05, 0.1) is 12.3 Å². The Morgan fingerprint density at radius 3 is 2.32 bits per heavy atom. The molecule has 142 valence electrons. The minimum absolute atomic E-state index is 0. The standard InChI is InChI=1S/C18H29N3O2S.HI/c1-5-19-17(21-11-10-18(2,3)14-21)20-12-15-6-8-16(9-7-15)13-24(4,22)23;/h6-9H,5,10-14H2,1-4H3,(H,19,20);1H. The van der Waals surface area contributed by atoms with E-state index in [0.717, 1.165) is 36.7 Å². The van der Waals surface area contributed by atoms with Gasteiger partial charge in [-0.1, -0.05) is 38.1 Å². The molecule has 0 aromatic heterocycles. The summed E-state index contributed by atoms with van der Waals surface area (Å²) in [6, 6.07) is 7.67. The van der Waals surface area contributed by atoms with Crippen LogP contribution in [0.25, 0.3) is 0 Å². The van der Waals surface area contributed by atoms with Gasteiger partial charge < -0.3 is 10.2 Å². The number of halogens is 1. The quantitative estimate of drug-likeness (QED) is 0.401. The van der Waals surface area contributed by atoms with Gasteiger partial charge in [0.25, 0.3) is 0 Å². The maximum Gasteiger partial charge on any atom is 0.194 e. The number of nitrogens with zero attached hydrogens (tertiary/aromatic N) is 2. The van der Waals surface area contributed by atoms with E-state index < -0.39 is 9.84 Å². The summed E-state index contributed by atoms with van der Waals surface area (Å²) in [7, 11) is -2.99. The lowest BCUT2D eigenvalue weighted by Crippen LogP contribution is -2.40. The second-order valence-electron chi connectivity index (χ2n) is 7.39. The largest absolute Gasteiger partial charge is 0.357 e. The number of sulfone groups is 1. The highest BCUT2D eigenvalue weighted by molar-refractivity contribution is 14.0. The Morgan fingerprint density at radius 2 is 1.84 bits per heavy atom. The van der Waals surface area contributed by atoms with Crippen molar-refractivity contribution in [2.75, 3.05) is 25.9 Å². The lowest BCUT2D eigenvalue weighted by atomic mass is 9.93. The summed E-state index contributed by atoms with van der Waals surface area (Å²) in [4.78, 5) is 7.07. The molecule has 1 aromatic rings. The van der Waals surface area contributed by atoms with E-state index >= 15 is 0 Å². The zero-order valence-electron chi connectivity index (χ0n) is 15.6. The summed E-state index contributed by atoms with van der Waals surface area (Å²) < 4.78 is 22.7. The van der Waals surface area contributed by atoms with Crippen LogP contribution in [-0.4, -0.2) is 45.2 Å². The van der Waals surface area contributed by atoms with Crippen molar-refractivity contribution in [3.63, 3.8) is 0 Å². The first kappa shape index (κ1) is 22.2. The summed E-state index contributed by atoms with van der Waals surface area (Å²) in [6.07, 6.45) is 2.43. The Labute approximate surface area is 169 Å². The molecule has 0 radical (unpaired) electrons. The van der Waals surface area contributed by atoms with Crippen LogP contribution in [0.4, 0.5) is 0 Å². The molecule has 0 spiro atoms. The summed E-state index contributed by atoms with van der Waals surface area (Å²) in [5.41, 5.74) is 2.24. The molecule has 1 aliphatic heterocycles. The summed E-state index contributed by atoms with van der Waals surface area (Å²) in [5, 5.41) is 3.37. The maximum absolute atomic E-state index is 11.3. The Morgan fingerprint density at radius 1 is 1.24 bits per heavy atom. The third-order valence-corrected chi connectivity index (χ3v) is 5.03. The number of hydrogen-bond acceptors (Lipinski definition) is 3. The molecule has 1 aliphatic rings.